The second-order valence-electron chi connectivity index (χ2n) is 6.55. The molecule has 1 saturated heterocycles. The Morgan fingerprint density at radius 2 is 2.19 bits per heavy atom. The predicted molar refractivity (Wildman–Crippen MR) is 105 cm³/mol. The number of nitrogens with zero attached hydrogens (tertiary/aromatic N) is 2. The van der Waals surface area contributed by atoms with Crippen LogP contribution in [0.25, 0.3) is 11.3 Å². The number of hydrogen-bond acceptors (Lipinski definition) is 5. The van der Waals surface area contributed by atoms with Gasteiger partial charge in [0, 0.05) is 17.5 Å². The summed E-state index contributed by atoms with van der Waals surface area (Å²) in [6.45, 7) is 3.33. The Morgan fingerprint density at radius 1 is 1.30 bits per heavy atom. The molecule has 0 saturated carbocycles. The quantitative estimate of drug-likeness (QED) is 0.745. The molecule has 3 heterocycles. The number of benzene rings is 1. The third-order valence-electron chi connectivity index (χ3n) is 4.73. The molecule has 1 aromatic carbocycles. The van der Waals surface area contributed by atoms with Crippen LogP contribution in [0.2, 0.25) is 0 Å². The topological polar surface area (TPSA) is 62.7 Å². The van der Waals surface area contributed by atoms with Gasteiger partial charge in [-0.2, -0.15) is 11.3 Å². The lowest BCUT2D eigenvalue weighted by molar-refractivity contribution is -0.0229. The molecule has 5 nitrogen and oxygen atoms in total. The Bertz CT molecular complexity index is 956. The number of aryl methyl sites for hydroxylation is 1. The summed E-state index contributed by atoms with van der Waals surface area (Å²) in [6.07, 6.45) is -0.242. The first kappa shape index (κ1) is 17.7. The van der Waals surface area contributed by atoms with Crippen molar-refractivity contribution in [3.8, 4) is 17.0 Å². The van der Waals surface area contributed by atoms with E-state index in [-0.39, 0.29) is 17.8 Å². The normalized spacial score (nSPS) is 17.1. The summed E-state index contributed by atoms with van der Waals surface area (Å²) in [6, 6.07) is 12.8. The van der Waals surface area contributed by atoms with Gasteiger partial charge in [0.05, 0.1) is 30.1 Å². The summed E-state index contributed by atoms with van der Waals surface area (Å²) in [7, 11) is 0. The summed E-state index contributed by atoms with van der Waals surface area (Å²) in [4.78, 5) is 19.5. The highest BCUT2D eigenvalue weighted by Crippen LogP contribution is 2.27. The molecule has 1 aliphatic heterocycles. The summed E-state index contributed by atoms with van der Waals surface area (Å²) in [5, 5.41) is 13.8. The zero-order valence-electron chi connectivity index (χ0n) is 15.0. The highest BCUT2D eigenvalue weighted by Gasteiger charge is 2.27. The van der Waals surface area contributed by atoms with Crippen LogP contribution in [0, 0.1) is 6.92 Å². The maximum Gasteiger partial charge on any atom is 0.255 e. The number of aromatic nitrogens is 1. The molecule has 1 fully saturated rings. The third kappa shape index (κ3) is 3.72. The molecule has 1 atom stereocenters. The summed E-state index contributed by atoms with van der Waals surface area (Å²) >= 11 is 1.63. The van der Waals surface area contributed by atoms with Crippen LogP contribution >= 0.6 is 11.3 Å². The number of carbonyl (C=O) groups excluding carboxylic acids is 1. The van der Waals surface area contributed by atoms with Gasteiger partial charge >= 0.3 is 0 Å². The SMILES string of the molecule is Cc1nc(-c2ccsc2)ccc1C(=O)N1CCOC(c2cccc(O)c2)C1. The Hall–Kier alpha value is -2.70. The standard InChI is InChI=1S/C21H20N2O3S/c1-14-18(5-6-19(22-14)16-7-10-27-13-16)21(25)23-8-9-26-20(12-23)15-3-2-4-17(24)11-15/h2-7,10-11,13,20,24H,8-9,12H2,1H3. The Labute approximate surface area is 161 Å². The van der Waals surface area contributed by atoms with Gasteiger partial charge in [0.25, 0.3) is 5.91 Å². The predicted octanol–water partition coefficient (Wildman–Crippen LogP) is 4.04. The summed E-state index contributed by atoms with van der Waals surface area (Å²) < 4.78 is 5.81. The smallest absolute Gasteiger partial charge is 0.255 e. The van der Waals surface area contributed by atoms with Crippen molar-refractivity contribution in [1.82, 2.24) is 9.88 Å². The number of rotatable bonds is 3. The second-order valence-corrected chi connectivity index (χ2v) is 7.33. The lowest BCUT2D eigenvalue weighted by atomic mass is 10.1. The molecule has 0 bridgehead atoms. The van der Waals surface area contributed by atoms with Crippen molar-refractivity contribution in [1.29, 1.82) is 0 Å². The first-order valence-corrected chi connectivity index (χ1v) is 9.76. The molecule has 0 radical (unpaired) electrons. The highest BCUT2D eigenvalue weighted by atomic mass is 32.1. The summed E-state index contributed by atoms with van der Waals surface area (Å²) in [5.41, 5.74) is 4.16. The van der Waals surface area contributed by atoms with E-state index in [1.165, 1.54) is 0 Å². The number of phenolic OH excluding ortho intramolecular Hbond substituents is 1. The third-order valence-corrected chi connectivity index (χ3v) is 5.41. The van der Waals surface area contributed by atoms with Crippen molar-refractivity contribution in [2.24, 2.45) is 0 Å². The zero-order chi connectivity index (χ0) is 18.8. The highest BCUT2D eigenvalue weighted by molar-refractivity contribution is 7.08. The van der Waals surface area contributed by atoms with Gasteiger partial charge < -0.3 is 14.7 Å². The fraction of sp³-hybridized carbons (Fsp3) is 0.238. The van der Waals surface area contributed by atoms with Crippen molar-refractivity contribution in [3.63, 3.8) is 0 Å². The van der Waals surface area contributed by atoms with Crippen molar-refractivity contribution in [2.75, 3.05) is 19.7 Å². The maximum absolute atomic E-state index is 13.0. The molecule has 27 heavy (non-hydrogen) atoms. The van der Waals surface area contributed by atoms with Crippen LogP contribution in [0.4, 0.5) is 0 Å². The molecule has 1 amide bonds. The molecule has 0 spiro atoms. The van der Waals surface area contributed by atoms with E-state index in [0.29, 0.717) is 25.3 Å². The van der Waals surface area contributed by atoms with Crippen LogP contribution in [0.15, 0.2) is 53.2 Å². The molecule has 1 N–H and O–H groups in total. The largest absolute Gasteiger partial charge is 0.508 e. The molecule has 4 rings (SSSR count). The van der Waals surface area contributed by atoms with Crippen molar-refractivity contribution in [2.45, 2.75) is 13.0 Å². The molecule has 1 unspecified atom stereocenters. The Kier molecular flexibility index (Phi) is 4.92. The van der Waals surface area contributed by atoms with Gasteiger partial charge in [0.1, 0.15) is 11.9 Å². The van der Waals surface area contributed by atoms with Crippen LogP contribution < -0.4 is 0 Å². The number of phenols is 1. The van der Waals surface area contributed by atoms with E-state index in [1.54, 1.807) is 34.4 Å². The van der Waals surface area contributed by atoms with Crippen LogP contribution in [0.3, 0.4) is 0 Å². The van der Waals surface area contributed by atoms with E-state index >= 15 is 0 Å². The van der Waals surface area contributed by atoms with Gasteiger partial charge in [-0.1, -0.05) is 12.1 Å². The molecule has 3 aromatic rings. The number of thiophene rings is 1. The van der Waals surface area contributed by atoms with Crippen LogP contribution in [-0.2, 0) is 4.74 Å². The van der Waals surface area contributed by atoms with E-state index in [9.17, 15) is 9.90 Å². The van der Waals surface area contributed by atoms with Crippen molar-refractivity contribution < 1.29 is 14.6 Å². The number of amides is 1. The fourth-order valence-corrected chi connectivity index (χ4v) is 3.94. The number of pyridine rings is 1. The molecule has 2 aromatic heterocycles. The van der Waals surface area contributed by atoms with Gasteiger partial charge in [-0.25, -0.2) is 0 Å². The minimum atomic E-state index is -0.242. The first-order chi connectivity index (χ1) is 13.1. The van der Waals surface area contributed by atoms with Gasteiger partial charge in [0.2, 0.25) is 0 Å². The van der Waals surface area contributed by atoms with Crippen molar-refractivity contribution in [3.05, 3.63) is 70.0 Å². The van der Waals surface area contributed by atoms with Gasteiger partial charge in [-0.3, -0.25) is 9.78 Å². The minimum Gasteiger partial charge on any atom is -0.508 e. The second kappa shape index (κ2) is 7.50. The molecule has 138 valence electrons. The number of carbonyl (C=O) groups is 1. The van der Waals surface area contributed by atoms with E-state index < -0.39 is 0 Å². The van der Waals surface area contributed by atoms with E-state index in [4.69, 9.17) is 4.74 Å². The summed E-state index contributed by atoms with van der Waals surface area (Å²) in [5.74, 6) is 0.161. The molecular formula is C21H20N2O3S. The molecular weight excluding hydrogens is 360 g/mol. The van der Waals surface area contributed by atoms with Crippen LogP contribution in [-0.4, -0.2) is 40.6 Å². The van der Waals surface area contributed by atoms with E-state index in [2.05, 4.69) is 4.98 Å². The Balaban J connectivity index is 1.54. The van der Waals surface area contributed by atoms with Crippen molar-refractivity contribution >= 4 is 17.2 Å². The van der Waals surface area contributed by atoms with Gasteiger partial charge in [-0.05, 0) is 48.2 Å². The minimum absolute atomic E-state index is 0.0367. The number of ether oxygens (including phenoxy) is 1. The monoisotopic (exact) mass is 380 g/mol. The van der Waals surface area contributed by atoms with Gasteiger partial charge in [-0.15, -0.1) is 0 Å². The lowest BCUT2D eigenvalue weighted by Gasteiger charge is -2.33. The average molecular weight is 380 g/mol. The fourth-order valence-electron chi connectivity index (χ4n) is 3.29. The van der Waals surface area contributed by atoms with E-state index in [1.807, 2.05) is 41.9 Å². The molecule has 6 heteroatoms. The lowest BCUT2D eigenvalue weighted by Crippen LogP contribution is -2.42. The number of morpholine rings is 1. The zero-order valence-corrected chi connectivity index (χ0v) is 15.8. The van der Waals surface area contributed by atoms with Crippen LogP contribution in [0.5, 0.6) is 5.75 Å². The van der Waals surface area contributed by atoms with Gasteiger partial charge in [0.15, 0.2) is 0 Å². The van der Waals surface area contributed by atoms with Crippen LogP contribution in [0.1, 0.15) is 27.7 Å². The average Bonchev–Trinajstić information content (AvgIpc) is 3.22. The first-order valence-electron chi connectivity index (χ1n) is 8.82. The van der Waals surface area contributed by atoms with E-state index in [0.717, 1.165) is 22.5 Å². The number of hydrogen-bond donors (Lipinski definition) is 1. The Morgan fingerprint density at radius 3 is 2.93 bits per heavy atom. The molecule has 0 aliphatic carbocycles. The maximum atomic E-state index is 13.0. The molecule has 1 aliphatic rings. The number of aromatic hydroxyl groups is 1.